The maximum atomic E-state index is 12.0. The van der Waals surface area contributed by atoms with Crippen molar-refractivity contribution in [2.75, 3.05) is 13.2 Å². The summed E-state index contributed by atoms with van der Waals surface area (Å²) in [5.74, 6) is 0.251. The lowest BCUT2D eigenvalue weighted by molar-refractivity contribution is -0.122. The maximum absolute atomic E-state index is 12.0. The molecule has 126 valence electrons. The van der Waals surface area contributed by atoms with Gasteiger partial charge in [0.1, 0.15) is 18.4 Å². The smallest absolute Gasteiger partial charge is 0.251 e. The highest BCUT2D eigenvalue weighted by Crippen LogP contribution is 2.10. The van der Waals surface area contributed by atoms with Gasteiger partial charge in [0.15, 0.2) is 0 Å². The first-order valence-corrected chi connectivity index (χ1v) is 7.89. The molecule has 0 radical (unpaired) electrons. The Morgan fingerprint density at radius 2 is 1.71 bits per heavy atom. The van der Waals surface area contributed by atoms with Crippen molar-refractivity contribution in [1.29, 1.82) is 0 Å². The lowest BCUT2D eigenvalue weighted by Crippen LogP contribution is -2.45. The molecule has 2 amide bonds. The first-order valence-electron chi connectivity index (χ1n) is 7.89. The van der Waals surface area contributed by atoms with E-state index < -0.39 is 6.04 Å². The van der Waals surface area contributed by atoms with E-state index in [1.807, 2.05) is 37.3 Å². The Labute approximate surface area is 142 Å². The van der Waals surface area contributed by atoms with Crippen molar-refractivity contribution >= 4 is 11.8 Å². The van der Waals surface area contributed by atoms with E-state index in [0.717, 1.165) is 5.75 Å². The molecule has 2 rings (SSSR count). The molecule has 0 aliphatic rings. The van der Waals surface area contributed by atoms with Gasteiger partial charge in [0.25, 0.3) is 5.91 Å². The molecule has 0 heterocycles. The van der Waals surface area contributed by atoms with Crippen LogP contribution in [0.2, 0.25) is 0 Å². The number of amides is 2. The van der Waals surface area contributed by atoms with Gasteiger partial charge in [0.05, 0.1) is 6.54 Å². The van der Waals surface area contributed by atoms with Crippen LogP contribution in [-0.4, -0.2) is 31.0 Å². The van der Waals surface area contributed by atoms with E-state index in [9.17, 15) is 9.59 Å². The Hall–Kier alpha value is -2.82. The summed E-state index contributed by atoms with van der Waals surface area (Å²) < 4.78 is 5.54. The Morgan fingerprint density at radius 3 is 2.38 bits per heavy atom. The number of hydrogen-bond donors (Lipinski definition) is 2. The molecule has 0 aliphatic carbocycles. The van der Waals surface area contributed by atoms with Gasteiger partial charge >= 0.3 is 0 Å². The minimum absolute atomic E-state index is 0.244. The number of carbonyl (C=O) groups excluding carboxylic acids is 2. The van der Waals surface area contributed by atoms with Crippen LogP contribution in [0, 0.1) is 6.92 Å². The van der Waals surface area contributed by atoms with E-state index in [2.05, 4.69) is 10.6 Å². The van der Waals surface area contributed by atoms with E-state index in [0.29, 0.717) is 18.7 Å². The summed E-state index contributed by atoms with van der Waals surface area (Å²) in [6.45, 7) is 4.40. The molecule has 5 nitrogen and oxygen atoms in total. The third-order valence-corrected chi connectivity index (χ3v) is 3.47. The summed E-state index contributed by atoms with van der Waals surface area (Å²) in [5, 5.41) is 5.41. The number of carbonyl (C=O) groups is 2. The number of hydrogen-bond acceptors (Lipinski definition) is 3. The van der Waals surface area contributed by atoms with E-state index in [-0.39, 0.29) is 11.8 Å². The predicted molar refractivity (Wildman–Crippen MR) is 93.1 cm³/mol. The molecule has 0 fully saturated rings. The number of benzene rings is 2. The molecule has 0 spiro atoms. The molecular formula is C19H22N2O3. The van der Waals surface area contributed by atoms with Crippen LogP contribution in [0.15, 0.2) is 54.6 Å². The average molecular weight is 326 g/mol. The molecule has 1 unspecified atom stereocenters. The van der Waals surface area contributed by atoms with Gasteiger partial charge in [0.2, 0.25) is 5.91 Å². The first kappa shape index (κ1) is 17.5. The highest BCUT2D eigenvalue weighted by Gasteiger charge is 2.15. The van der Waals surface area contributed by atoms with Gasteiger partial charge < -0.3 is 15.4 Å². The second kappa shape index (κ2) is 8.72. The summed E-state index contributed by atoms with van der Waals surface area (Å²) in [5.41, 5.74) is 1.69. The highest BCUT2D eigenvalue weighted by atomic mass is 16.5. The van der Waals surface area contributed by atoms with Gasteiger partial charge in [-0.15, -0.1) is 0 Å². The van der Waals surface area contributed by atoms with Crippen LogP contribution in [-0.2, 0) is 4.79 Å². The Morgan fingerprint density at radius 1 is 1.04 bits per heavy atom. The molecule has 0 aromatic heterocycles. The summed E-state index contributed by atoms with van der Waals surface area (Å²) in [6, 6.07) is 15.9. The van der Waals surface area contributed by atoms with Gasteiger partial charge in [-0.1, -0.05) is 35.9 Å². The molecule has 24 heavy (non-hydrogen) atoms. The lowest BCUT2D eigenvalue weighted by atomic mass is 10.2. The standard InChI is InChI=1S/C19H22N2O3/c1-14-8-10-17(11-9-14)24-13-12-20-18(22)15(2)21-19(23)16-6-4-3-5-7-16/h3-11,15H,12-13H2,1-2H3,(H,20,22)(H,21,23). The topological polar surface area (TPSA) is 67.4 Å². The van der Waals surface area contributed by atoms with Gasteiger partial charge in [-0.3, -0.25) is 9.59 Å². The summed E-state index contributed by atoms with van der Waals surface area (Å²) >= 11 is 0. The Kier molecular flexibility index (Phi) is 6.37. The van der Waals surface area contributed by atoms with E-state index >= 15 is 0 Å². The molecule has 2 N–H and O–H groups in total. The molecular weight excluding hydrogens is 304 g/mol. The average Bonchev–Trinajstić information content (AvgIpc) is 2.60. The van der Waals surface area contributed by atoms with Crippen molar-refractivity contribution in [2.24, 2.45) is 0 Å². The minimum Gasteiger partial charge on any atom is -0.492 e. The summed E-state index contributed by atoms with van der Waals surface area (Å²) in [4.78, 5) is 24.0. The molecule has 1 atom stereocenters. The zero-order valence-electron chi connectivity index (χ0n) is 13.9. The number of ether oxygens (including phenoxy) is 1. The van der Waals surface area contributed by atoms with E-state index in [1.165, 1.54) is 5.56 Å². The van der Waals surface area contributed by atoms with E-state index in [1.54, 1.807) is 31.2 Å². The van der Waals surface area contributed by atoms with Crippen LogP contribution in [0.5, 0.6) is 5.75 Å². The second-order valence-electron chi connectivity index (χ2n) is 5.51. The summed E-state index contributed by atoms with van der Waals surface area (Å²) in [7, 11) is 0. The molecule has 0 bridgehead atoms. The van der Waals surface area contributed by atoms with Crippen molar-refractivity contribution in [3.05, 3.63) is 65.7 Å². The maximum Gasteiger partial charge on any atom is 0.251 e. The van der Waals surface area contributed by atoms with Gasteiger partial charge in [-0.05, 0) is 38.1 Å². The molecule has 0 aliphatic heterocycles. The van der Waals surface area contributed by atoms with Gasteiger partial charge in [-0.2, -0.15) is 0 Å². The Balaban J connectivity index is 1.70. The highest BCUT2D eigenvalue weighted by molar-refractivity contribution is 5.97. The van der Waals surface area contributed by atoms with Crippen LogP contribution < -0.4 is 15.4 Å². The van der Waals surface area contributed by atoms with Gasteiger partial charge in [0, 0.05) is 5.56 Å². The van der Waals surface area contributed by atoms with Gasteiger partial charge in [-0.25, -0.2) is 0 Å². The molecule has 2 aromatic rings. The van der Waals surface area contributed by atoms with Crippen LogP contribution in [0.25, 0.3) is 0 Å². The number of aryl methyl sites for hydroxylation is 1. The Bertz CT molecular complexity index is 669. The minimum atomic E-state index is -0.614. The number of nitrogens with one attached hydrogen (secondary N) is 2. The predicted octanol–water partition coefficient (Wildman–Crippen LogP) is 2.31. The van der Waals surface area contributed by atoms with Crippen molar-refractivity contribution < 1.29 is 14.3 Å². The SMILES string of the molecule is Cc1ccc(OCCNC(=O)C(C)NC(=O)c2ccccc2)cc1. The van der Waals surface area contributed by atoms with Crippen LogP contribution in [0.1, 0.15) is 22.8 Å². The fourth-order valence-corrected chi connectivity index (χ4v) is 2.07. The normalized spacial score (nSPS) is 11.4. The third kappa shape index (κ3) is 5.43. The third-order valence-electron chi connectivity index (χ3n) is 3.47. The quantitative estimate of drug-likeness (QED) is 0.767. The van der Waals surface area contributed by atoms with Crippen LogP contribution >= 0.6 is 0 Å². The van der Waals surface area contributed by atoms with Crippen molar-refractivity contribution in [1.82, 2.24) is 10.6 Å². The van der Waals surface area contributed by atoms with Crippen molar-refractivity contribution in [3.8, 4) is 5.75 Å². The monoisotopic (exact) mass is 326 g/mol. The molecule has 5 heteroatoms. The van der Waals surface area contributed by atoms with Crippen molar-refractivity contribution in [2.45, 2.75) is 19.9 Å². The zero-order chi connectivity index (χ0) is 17.4. The number of rotatable bonds is 7. The van der Waals surface area contributed by atoms with Crippen LogP contribution in [0.4, 0.5) is 0 Å². The zero-order valence-corrected chi connectivity index (χ0v) is 13.9. The second-order valence-corrected chi connectivity index (χ2v) is 5.51. The molecule has 2 aromatic carbocycles. The van der Waals surface area contributed by atoms with Crippen LogP contribution in [0.3, 0.4) is 0 Å². The molecule has 0 saturated heterocycles. The van der Waals surface area contributed by atoms with E-state index in [4.69, 9.17) is 4.74 Å². The fourth-order valence-electron chi connectivity index (χ4n) is 2.07. The lowest BCUT2D eigenvalue weighted by Gasteiger charge is -2.14. The first-order chi connectivity index (χ1) is 11.6. The van der Waals surface area contributed by atoms with Crippen molar-refractivity contribution in [3.63, 3.8) is 0 Å². The largest absolute Gasteiger partial charge is 0.492 e. The molecule has 0 saturated carbocycles. The fraction of sp³-hybridized carbons (Fsp3) is 0.263. The summed E-state index contributed by atoms with van der Waals surface area (Å²) in [6.07, 6.45) is 0.